The maximum Gasteiger partial charge on any atom is 0.328 e. The summed E-state index contributed by atoms with van der Waals surface area (Å²) in [6.07, 6.45) is 8.24. The number of carbonyl (C=O) groups excluding carboxylic acids is 6. The average molecular weight is 683 g/mol. The lowest BCUT2D eigenvalue weighted by atomic mass is 9.97. The van der Waals surface area contributed by atoms with Crippen LogP contribution in [0.25, 0.3) is 0 Å². The molecule has 13 nitrogen and oxygen atoms in total. The Morgan fingerprint density at radius 3 is 1.81 bits per heavy atom. The first kappa shape index (κ1) is 44.8. The lowest BCUT2D eigenvalue weighted by Crippen LogP contribution is -2.61. The van der Waals surface area contributed by atoms with Gasteiger partial charge in [0.2, 0.25) is 29.5 Å². The Kier molecular flexibility index (Phi) is 22.4. The Bertz CT molecular complexity index is 1020. The van der Waals surface area contributed by atoms with Gasteiger partial charge in [0.25, 0.3) is 0 Å². The highest BCUT2D eigenvalue weighted by Gasteiger charge is 2.34. The molecular formula is C35H66N6O7. The second-order valence-corrected chi connectivity index (χ2v) is 14.1. The highest BCUT2D eigenvalue weighted by Crippen LogP contribution is 2.12. The molecule has 48 heavy (non-hydrogen) atoms. The molecule has 278 valence electrons. The molecule has 13 heteroatoms. The van der Waals surface area contributed by atoms with E-state index in [2.05, 4.69) is 38.8 Å². The summed E-state index contributed by atoms with van der Waals surface area (Å²) in [4.78, 5) is 77.2. The van der Waals surface area contributed by atoms with Crippen molar-refractivity contribution in [2.45, 2.75) is 144 Å². The van der Waals surface area contributed by atoms with Crippen LogP contribution in [0.1, 0.15) is 120 Å². The van der Waals surface area contributed by atoms with Gasteiger partial charge in [0.15, 0.2) is 0 Å². The standard InChI is InChI=1S/C35H66N6O7/c1-11-13-14-15-16-17-18-36-21-28(42)38-26(19-23(3)4)31(44)41-35(8,9)34(47)37-22-29(43)40-30(25(7)12-2)32(45)39-27(20-24(5)6)33(46)48-10/h23-27,30,36H,11-22H2,1-10H3,(H,37,47)(H,38,42)(H,39,45)(H,40,43)(H,41,44)/t25-,26-,27-,30-/m0/s1. The smallest absolute Gasteiger partial charge is 0.328 e. The number of carbonyl (C=O) groups is 6. The molecule has 0 unspecified atom stereocenters. The second-order valence-electron chi connectivity index (χ2n) is 14.1. The number of hydrogen-bond acceptors (Lipinski definition) is 8. The van der Waals surface area contributed by atoms with Crippen LogP contribution >= 0.6 is 0 Å². The Morgan fingerprint density at radius 2 is 1.25 bits per heavy atom. The third kappa shape index (κ3) is 18.9. The fourth-order valence-electron chi connectivity index (χ4n) is 5.03. The van der Waals surface area contributed by atoms with E-state index in [1.165, 1.54) is 46.6 Å². The molecule has 0 aliphatic rings. The molecule has 6 N–H and O–H groups in total. The van der Waals surface area contributed by atoms with Gasteiger partial charge >= 0.3 is 5.97 Å². The van der Waals surface area contributed by atoms with Crippen molar-refractivity contribution in [2.24, 2.45) is 17.8 Å². The minimum absolute atomic E-state index is 0.0898. The van der Waals surface area contributed by atoms with Crippen molar-refractivity contribution in [3.05, 3.63) is 0 Å². The number of methoxy groups -OCH3 is 1. The second kappa shape index (κ2) is 24.0. The zero-order valence-corrected chi connectivity index (χ0v) is 31.3. The number of hydrogen-bond donors (Lipinski definition) is 6. The molecule has 0 rings (SSSR count). The van der Waals surface area contributed by atoms with Crippen LogP contribution in [0.5, 0.6) is 0 Å². The summed E-state index contributed by atoms with van der Waals surface area (Å²) in [7, 11) is 1.25. The lowest BCUT2D eigenvalue weighted by molar-refractivity contribution is -0.146. The summed E-state index contributed by atoms with van der Waals surface area (Å²) in [5, 5.41) is 16.5. The molecule has 0 saturated carbocycles. The molecule has 0 fully saturated rings. The van der Waals surface area contributed by atoms with Gasteiger partial charge in [-0.2, -0.15) is 0 Å². The number of nitrogens with one attached hydrogen (secondary N) is 6. The van der Waals surface area contributed by atoms with Gasteiger partial charge in [0.1, 0.15) is 23.7 Å². The van der Waals surface area contributed by atoms with E-state index < -0.39 is 59.8 Å². The minimum atomic E-state index is -1.41. The third-order valence-electron chi connectivity index (χ3n) is 8.09. The van der Waals surface area contributed by atoms with Crippen LogP contribution in [0.15, 0.2) is 0 Å². The summed E-state index contributed by atoms with van der Waals surface area (Å²) >= 11 is 0. The van der Waals surface area contributed by atoms with Crippen molar-refractivity contribution in [1.82, 2.24) is 31.9 Å². The third-order valence-corrected chi connectivity index (χ3v) is 8.09. The molecule has 0 aromatic heterocycles. The van der Waals surface area contributed by atoms with Crippen molar-refractivity contribution in [3.8, 4) is 0 Å². The summed E-state index contributed by atoms with van der Waals surface area (Å²) in [5.74, 6) is -3.19. The van der Waals surface area contributed by atoms with Crippen molar-refractivity contribution in [2.75, 3.05) is 26.7 Å². The molecule has 0 radical (unpaired) electrons. The minimum Gasteiger partial charge on any atom is -0.467 e. The van der Waals surface area contributed by atoms with Gasteiger partial charge in [-0.05, 0) is 57.4 Å². The fourth-order valence-corrected chi connectivity index (χ4v) is 5.03. The van der Waals surface area contributed by atoms with Crippen LogP contribution < -0.4 is 31.9 Å². The van der Waals surface area contributed by atoms with E-state index in [1.54, 1.807) is 6.92 Å². The van der Waals surface area contributed by atoms with Gasteiger partial charge in [-0.15, -0.1) is 0 Å². The fraction of sp³-hybridized carbons (Fsp3) is 0.829. The predicted molar refractivity (Wildman–Crippen MR) is 188 cm³/mol. The van der Waals surface area contributed by atoms with Gasteiger partial charge in [-0.25, -0.2) is 4.79 Å². The van der Waals surface area contributed by atoms with E-state index in [0.29, 0.717) is 19.3 Å². The van der Waals surface area contributed by atoms with E-state index in [-0.39, 0.29) is 30.2 Å². The van der Waals surface area contributed by atoms with Crippen molar-refractivity contribution in [3.63, 3.8) is 0 Å². The van der Waals surface area contributed by atoms with E-state index in [0.717, 1.165) is 19.4 Å². The maximum absolute atomic E-state index is 13.2. The van der Waals surface area contributed by atoms with Crippen molar-refractivity contribution in [1.29, 1.82) is 0 Å². The summed E-state index contributed by atoms with van der Waals surface area (Å²) in [5.41, 5.74) is -1.41. The van der Waals surface area contributed by atoms with E-state index >= 15 is 0 Å². The van der Waals surface area contributed by atoms with Crippen molar-refractivity contribution >= 4 is 35.5 Å². The molecule has 0 spiro atoms. The van der Waals surface area contributed by atoms with Gasteiger partial charge in [-0.1, -0.05) is 87.0 Å². The number of esters is 1. The highest BCUT2D eigenvalue weighted by molar-refractivity contribution is 5.96. The van der Waals surface area contributed by atoms with Gasteiger partial charge in [-0.3, -0.25) is 24.0 Å². The number of ether oxygens (including phenoxy) is 1. The van der Waals surface area contributed by atoms with Crippen LogP contribution in [0.3, 0.4) is 0 Å². The van der Waals surface area contributed by atoms with Gasteiger partial charge in [0.05, 0.1) is 20.2 Å². The molecule has 0 aliphatic carbocycles. The monoisotopic (exact) mass is 682 g/mol. The van der Waals surface area contributed by atoms with Crippen LogP contribution in [-0.2, 0) is 33.5 Å². The first-order valence-corrected chi connectivity index (χ1v) is 17.8. The number of rotatable bonds is 25. The lowest BCUT2D eigenvalue weighted by Gasteiger charge is -2.29. The van der Waals surface area contributed by atoms with Crippen LogP contribution in [0, 0.1) is 17.8 Å². The SMILES string of the molecule is CCCCCCCCNCC(=O)N[C@@H](CC(C)C)C(=O)NC(C)(C)C(=O)NCC(=O)N[C@H](C(=O)N[C@@H](CC(C)C)C(=O)OC)[C@@H](C)CC. The summed E-state index contributed by atoms with van der Waals surface area (Å²) in [6.45, 7) is 16.9. The molecule has 0 aromatic rings. The van der Waals surface area contributed by atoms with Gasteiger partial charge in [0, 0.05) is 0 Å². The first-order chi connectivity index (χ1) is 22.5. The van der Waals surface area contributed by atoms with Crippen LogP contribution in [-0.4, -0.2) is 85.9 Å². The zero-order valence-electron chi connectivity index (χ0n) is 31.3. The Hall–Kier alpha value is -3.22. The molecule has 0 heterocycles. The number of amides is 5. The largest absolute Gasteiger partial charge is 0.467 e. The Balaban J connectivity index is 5.17. The molecule has 5 amide bonds. The molecule has 0 saturated heterocycles. The van der Waals surface area contributed by atoms with Crippen molar-refractivity contribution < 1.29 is 33.5 Å². The van der Waals surface area contributed by atoms with Gasteiger partial charge < -0.3 is 36.6 Å². The average Bonchev–Trinajstić information content (AvgIpc) is 3.01. The first-order valence-electron chi connectivity index (χ1n) is 17.8. The molecule has 0 bridgehead atoms. The van der Waals surface area contributed by atoms with Crippen LogP contribution in [0.4, 0.5) is 0 Å². The summed E-state index contributed by atoms with van der Waals surface area (Å²) in [6, 6.07) is -2.66. The predicted octanol–water partition coefficient (Wildman–Crippen LogP) is 2.71. The Morgan fingerprint density at radius 1 is 0.688 bits per heavy atom. The summed E-state index contributed by atoms with van der Waals surface area (Å²) < 4.78 is 4.83. The Labute approximate surface area is 289 Å². The highest BCUT2D eigenvalue weighted by atomic mass is 16.5. The molecule has 4 atom stereocenters. The topological polar surface area (TPSA) is 184 Å². The molecular weight excluding hydrogens is 616 g/mol. The quantitative estimate of drug-likeness (QED) is 0.0627. The normalized spacial score (nSPS) is 14.0. The zero-order chi connectivity index (χ0) is 36.9. The van der Waals surface area contributed by atoms with Crippen LogP contribution in [0.2, 0.25) is 0 Å². The molecule has 0 aliphatic heterocycles. The number of unbranched alkanes of at least 4 members (excludes halogenated alkanes) is 5. The molecule has 0 aromatic carbocycles. The van der Waals surface area contributed by atoms with E-state index in [4.69, 9.17) is 4.74 Å². The maximum atomic E-state index is 13.2. The van der Waals surface area contributed by atoms with E-state index in [1.807, 2.05) is 34.6 Å². The van der Waals surface area contributed by atoms with E-state index in [9.17, 15) is 28.8 Å².